The van der Waals surface area contributed by atoms with Crippen LogP contribution in [0.15, 0.2) is 12.4 Å². The van der Waals surface area contributed by atoms with Crippen LogP contribution in [0.5, 0.6) is 0 Å². The van der Waals surface area contributed by atoms with Crippen molar-refractivity contribution in [3.05, 3.63) is 18.2 Å². The van der Waals surface area contributed by atoms with Crippen molar-refractivity contribution >= 4 is 5.78 Å². The molecule has 3 heteroatoms. The Hall–Kier alpha value is -1.12. The summed E-state index contributed by atoms with van der Waals surface area (Å²) < 4.78 is 2.04. The van der Waals surface area contributed by atoms with Crippen LogP contribution in [0.25, 0.3) is 0 Å². The van der Waals surface area contributed by atoms with E-state index in [9.17, 15) is 4.79 Å². The predicted octanol–water partition coefficient (Wildman–Crippen LogP) is 2.77. The van der Waals surface area contributed by atoms with Gasteiger partial charge in [0.05, 0.1) is 0 Å². The molecule has 1 heterocycles. The van der Waals surface area contributed by atoms with Gasteiger partial charge in [-0.1, -0.05) is 6.92 Å². The second kappa shape index (κ2) is 3.69. The maximum absolute atomic E-state index is 12.6. The third-order valence-corrected chi connectivity index (χ3v) is 5.44. The van der Waals surface area contributed by atoms with Crippen molar-refractivity contribution in [2.24, 2.45) is 29.6 Å². The third-order valence-electron chi connectivity index (χ3n) is 5.44. The highest BCUT2D eigenvalue weighted by atomic mass is 16.1. The van der Waals surface area contributed by atoms with Gasteiger partial charge in [-0.15, -0.1) is 0 Å². The molecular weight excluding hydrogens is 224 g/mol. The van der Waals surface area contributed by atoms with Crippen LogP contribution >= 0.6 is 0 Å². The molecule has 3 aliphatic carbocycles. The molecule has 18 heavy (non-hydrogen) atoms. The minimum atomic E-state index is 0.328. The van der Waals surface area contributed by atoms with E-state index in [0.29, 0.717) is 11.7 Å². The molecule has 2 bridgehead atoms. The first-order chi connectivity index (χ1) is 8.81. The SMILES string of the molecule is CCCn1ccnc1C(=O)C1C2C3CCC(C3)C12. The molecule has 3 nitrogen and oxygen atoms in total. The standard InChI is InChI=1S/C15H20N2O/c1-2-6-17-7-5-16-15(17)14(18)13-11-9-3-4-10(8-9)12(11)13/h5,7,9-13H,2-4,6,8H2,1H3. The fourth-order valence-electron chi connectivity index (χ4n) is 4.78. The molecule has 4 atom stereocenters. The zero-order valence-corrected chi connectivity index (χ0v) is 10.9. The summed E-state index contributed by atoms with van der Waals surface area (Å²) in [6, 6.07) is 0. The summed E-state index contributed by atoms with van der Waals surface area (Å²) in [6.07, 6.45) is 8.93. The van der Waals surface area contributed by atoms with Gasteiger partial charge in [-0.3, -0.25) is 4.79 Å². The van der Waals surface area contributed by atoms with Gasteiger partial charge in [-0.2, -0.15) is 0 Å². The number of carbonyl (C=O) groups is 1. The summed E-state index contributed by atoms with van der Waals surface area (Å²) in [5.74, 6) is 4.56. The molecule has 0 amide bonds. The Labute approximate surface area is 108 Å². The number of nitrogens with zero attached hydrogens (tertiary/aromatic N) is 2. The van der Waals surface area contributed by atoms with Crippen LogP contribution in [0, 0.1) is 29.6 Å². The molecule has 0 radical (unpaired) electrons. The third kappa shape index (κ3) is 1.30. The maximum atomic E-state index is 12.6. The van der Waals surface area contributed by atoms with Gasteiger partial charge in [0, 0.05) is 24.9 Å². The number of ketones is 1. The summed E-state index contributed by atoms with van der Waals surface area (Å²) in [4.78, 5) is 16.9. The minimum Gasteiger partial charge on any atom is -0.329 e. The molecular formula is C15H20N2O. The molecule has 96 valence electrons. The molecule has 4 unspecified atom stereocenters. The van der Waals surface area contributed by atoms with Crippen LogP contribution in [0.3, 0.4) is 0 Å². The van der Waals surface area contributed by atoms with Crippen molar-refractivity contribution < 1.29 is 4.79 Å². The highest BCUT2D eigenvalue weighted by molar-refractivity contribution is 5.97. The Kier molecular flexibility index (Phi) is 2.21. The summed E-state index contributed by atoms with van der Waals surface area (Å²) in [7, 11) is 0. The van der Waals surface area contributed by atoms with Gasteiger partial charge in [0.25, 0.3) is 0 Å². The van der Waals surface area contributed by atoms with Crippen LogP contribution in [0.2, 0.25) is 0 Å². The minimum absolute atomic E-state index is 0.328. The molecule has 0 aliphatic heterocycles. The van der Waals surface area contributed by atoms with Crippen molar-refractivity contribution in [1.29, 1.82) is 0 Å². The fraction of sp³-hybridized carbons (Fsp3) is 0.733. The molecule has 3 saturated carbocycles. The van der Waals surface area contributed by atoms with Crippen molar-refractivity contribution in [2.45, 2.75) is 39.2 Å². The van der Waals surface area contributed by atoms with Crippen molar-refractivity contribution in [2.75, 3.05) is 0 Å². The molecule has 3 aliphatic rings. The van der Waals surface area contributed by atoms with Crippen LogP contribution in [-0.2, 0) is 6.54 Å². The Bertz CT molecular complexity index is 476. The monoisotopic (exact) mass is 244 g/mol. The van der Waals surface area contributed by atoms with E-state index in [1.54, 1.807) is 6.20 Å². The lowest BCUT2D eigenvalue weighted by atomic mass is 9.99. The van der Waals surface area contributed by atoms with Crippen molar-refractivity contribution in [1.82, 2.24) is 9.55 Å². The van der Waals surface area contributed by atoms with E-state index in [-0.39, 0.29) is 0 Å². The van der Waals surface area contributed by atoms with Crippen LogP contribution in [-0.4, -0.2) is 15.3 Å². The Morgan fingerprint density at radius 2 is 2.11 bits per heavy atom. The molecule has 0 N–H and O–H groups in total. The summed E-state index contributed by atoms with van der Waals surface area (Å²) in [5, 5.41) is 0. The zero-order chi connectivity index (χ0) is 12.3. The lowest BCUT2D eigenvalue weighted by Gasteiger charge is -2.09. The topological polar surface area (TPSA) is 34.9 Å². The van der Waals surface area contributed by atoms with Crippen LogP contribution < -0.4 is 0 Å². The number of fused-ring (bicyclic) bond motifs is 5. The maximum Gasteiger partial charge on any atom is 0.201 e. The molecule has 0 spiro atoms. The number of Topliss-reactive ketones (excluding diaryl/α,β-unsaturated/α-hetero) is 1. The highest BCUT2D eigenvalue weighted by Gasteiger charge is 2.67. The van der Waals surface area contributed by atoms with Crippen LogP contribution in [0.1, 0.15) is 43.2 Å². The van der Waals surface area contributed by atoms with E-state index >= 15 is 0 Å². The molecule has 3 fully saturated rings. The fourth-order valence-corrected chi connectivity index (χ4v) is 4.78. The lowest BCUT2D eigenvalue weighted by molar-refractivity contribution is 0.0929. The number of hydrogen-bond donors (Lipinski definition) is 0. The van der Waals surface area contributed by atoms with Gasteiger partial charge < -0.3 is 4.57 Å². The number of aryl methyl sites for hydroxylation is 1. The number of hydrogen-bond acceptors (Lipinski definition) is 2. The van der Waals surface area contributed by atoms with E-state index < -0.39 is 0 Å². The van der Waals surface area contributed by atoms with Gasteiger partial charge in [-0.05, 0) is 49.4 Å². The largest absolute Gasteiger partial charge is 0.329 e. The first-order valence-corrected chi connectivity index (χ1v) is 7.36. The van der Waals surface area contributed by atoms with E-state index in [1.165, 1.54) is 19.3 Å². The first kappa shape index (κ1) is 10.8. The average Bonchev–Trinajstić information content (AvgIpc) is 2.75. The number of rotatable bonds is 4. The van der Waals surface area contributed by atoms with Gasteiger partial charge in [0.1, 0.15) is 0 Å². The van der Waals surface area contributed by atoms with E-state index in [0.717, 1.165) is 42.5 Å². The molecule has 1 aromatic rings. The second-order valence-electron chi connectivity index (χ2n) is 6.32. The first-order valence-electron chi connectivity index (χ1n) is 7.36. The predicted molar refractivity (Wildman–Crippen MR) is 68.1 cm³/mol. The van der Waals surface area contributed by atoms with Crippen molar-refractivity contribution in [3.8, 4) is 0 Å². The summed E-state index contributed by atoms with van der Waals surface area (Å²) in [5.41, 5.74) is 0. The Morgan fingerprint density at radius 3 is 2.78 bits per heavy atom. The zero-order valence-electron chi connectivity index (χ0n) is 10.9. The summed E-state index contributed by atoms with van der Waals surface area (Å²) in [6.45, 7) is 3.05. The molecule has 0 saturated heterocycles. The number of imidazole rings is 1. The van der Waals surface area contributed by atoms with Gasteiger partial charge >= 0.3 is 0 Å². The highest BCUT2D eigenvalue weighted by Crippen LogP contribution is 2.69. The van der Waals surface area contributed by atoms with Crippen molar-refractivity contribution in [3.63, 3.8) is 0 Å². The Morgan fingerprint density at radius 1 is 1.39 bits per heavy atom. The van der Waals surface area contributed by atoms with Gasteiger partial charge in [0.2, 0.25) is 5.78 Å². The summed E-state index contributed by atoms with van der Waals surface area (Å²) >= 11 is 0. The van der Waals surface area contributed by atoms with E-state index in [2.05, 4.69) is 11.9 Å². The van der Waals surface area contributed by atoms with E-state index in [1.807, 2.05) is 10.8 Å². The average molecular weight is 244 g/mol. The quantitative estimate of drug-likeness (QED) is 0.763. The number of carbonyl (C=O) groups excluding carboxylic acids is 1. The second-order valence-corrected chi connectivity index (χ2v) is 6.32. The van der Waals surface area contributed by atoms with Gasteiger partial charge in [0.15, 0.2) is 5.82 Å². The Balaban J connectivity index is 1.56. The van der Waals surface area contributed by atoms with Crippen LogP contribution in [0.4, 0.5) is 0 Å². The normalized spacial score (nSPS) is 39.9. The lowest BCUT2D eigenvalue weighted by Crippen LogP contribution is -2.16. The molecule has 4 rings (SSSR count). The molecule has 0 aromatic carbocycles. The number of aromatic nitrogens is 2. The smallest absolute Gasteiger partial charge is 0.201 e. The van der Waals surface area contributed by atoms with Gasteiger partial charge in [-0.25, -0.2) is 4.98 Å². The van der Waals surface area contributed by atoms with E-state index in [4.69, 9.17) is 0 Å². The molecule has 1 aromatic heterocycles.